The standard InChI is InChI=1S/C33H47N5O7S/c1-22-18-38(23(2)21-39)33(40)29-17-28(36-46(41,42)32-25(4)35-45-26(32)5)10-11-30(29)44-24(3)9-7-8-16-43-31(22)20-37(6)19-27-12-14-34-15-13-27/h10-15,17,22-24,31,36,39H,7-9,16,18-21H2,1-6H3/t22-,23-,24-,31-/m0/s1. The Morgan fingerprint density at radius 2 is 1.89 bits per heavy atom. The number of rotatable bonds is 9. The van der Waals surface area contributed by atoms with E-state index < -0.39 is 16.1 Å². The number of carbonyl (C=O) groups is 1. The molecule has 1 aliphatic rings. The third-order valence-corrected chi connectivity index (χ3v) is 9.86. The van der Waals surface area contributed by atoms with Crippen LogP contribution in [0.25, 0.3) is 0 Å². The van der Waals surface area contributed by atoms with E-state index in [2.05, 4.69) is 26.7 Å². The number of pyridine rings is 1. The number of carbonyl (C=O) groups excluding carboxylic acids is 1. The lowest BCUT2D eigenvalue weighted by Crippen LogP contribution is -2.47. The van der Waals surface area contributed by atoms with E-state index in [1.54, 1.807) is 43.3 Å². The Morgan fingerprint density at radius 3 is 2.57 bits per heavy atom. The summed E-state index contributed by atoms with van der Waals surface area (Å²) in [6.07, 6.45) is 5.65. The van der Waals surface area contributed by atoms with Gasteiger partial charge in [0.2, 0.25) is 0 Å². The SMILES string of the molecule is Cc1noc(C)c1S(=O)(=O)Nc1ccc2c(c1)C(=O)N([C@@H](C)CO)C[C@H](C)[C@H](CN(C)Cc1ccncc1)OCCCC[C@H](C)O2. The molecule has 2 aromatic heterocycles. The number of aryl methyl sites for hydroxylation is 2. The van der Waals surface area contributed by atoms with Crippen molar-refractivity contribution in [3.63, 3.8) is 0 Å². The van der Waals surface area contributed by atoms with Crippen LogP contribution in [0, 0.1) is 19.8 Å². The number of anilines is 1. The zero-order chi connectivity index (χ0) is 33.4. The first-order valence-electron chi connectivity index (χ1n) is 15.8. The fourth-order valence-corrected chi connectivity index (χ4v) is 7.07. The van der Waals surface area contributed by atoms with Crippen LogP contribution in [-0.4, -0.2) is 91.0 Å². The molecule has 1 aromatic carbocycles. The average Bonchev–Trinajstić information content (AvgIpc) is 3.37. The molecule has 252 valence electrons. The Kier molecular flexibility index (Phi) is 12.2. The number of fused-ring (bicyclic) bond motifs is 1. The third-order valence-electron chi connectivity index (χ3n) is 8.23. The van der Waals surface area contributed by atoms with Crippen molar-refractivity contribution in [2.45, 2.75) is 83.6 Å². The molecular formula is C33H47N5O7S. The number of aromatic nitrogens is 2. The second-order valence-electron chi connectivity index (χ2n) is 12.3. The number of nitrogens with one attached hydrogen (secondary N) is 1. The first kappa shape index (κ1) is 35.3. The van der Waals surface area contributed by atoms with Crippen molar-refractivity contribution in [2.24, 2.45) is 5.92 Å². The van der Waals surface area contributed by atoms with E-state index in [0.717, 1.165) is 31.4 Å². The summed E-state index contributed by atoms with van der Waals surface area (Å²) in [5.41, 5.74) is 1.76. The van der Waals surface area contributed by atoms with Gasteiger partial charge in [-0.1, -0.05) is 12.1 Å². The summed E-state index contributed by atoms with van der Waals surface area (Å²) in [6, 6.07) is 8.13. The fourth-order valence-electron chi connectivity index (χ4n) is 5.68. The van der Waals surface area contributed by atoms with Gasteiger partial charge in [0.25, 0.3) is 15.9 Å². The summed E-state index contributed by atoms with van der Waals surface area (Å²) in [6.45, 7) is 10.9. The van der Waals surface area contributed by atoms with Gasteiger partial charge in [0.05, 0.1) is 30.4 Å². The summed E-state index contributed by atoms with van der Waals surface area (Å²) in [4.78, 5) is 22.2. The summed E-state index contributed by atoms with van der Waals surface area (Å²) >= 11 is 0. The average molecular weight is 658 g/mol. The zero-order valence-corrected chi connectivity index (χ0v) is 28.4. The largest absolute Gasteiger partial charge is 0.490 e. The molecule has 0 aliphatic carbocycles. The van der Waals surface area contributed by atoms with Gasteiger partial charge in [-0.25, -0.2) is 8.42 Å². The summed E-state index contributed by atoms with van der Waals surface area (Å²) in [5.74, 6) is 0.0411. The smallest absolute Gasteiger partial charge is 0.267 e. The van der Waals surface area contributed by atoms with E-state index >= 15 is 0 Å². The monoisotopic (exact) mass is 657 g/mol. The number of ether oxygens (including phenoxy) is 2. The molecule has 46 heavy (non-hydrogen) atoms. The van der Waals surface area contributed by atoms with Crippen LogP contribution >= 0.6 is 0 Å². The Morgan fingerprint density at radius 1 is 1.15 bits per heavy atom. The highest BCUT2D eigenvalue weighted by Crippen LogP contribution is 2.30. The number of hydrogen-bond donors (Lipinski definition) is 2. The lowest BCUT2D eigenvalue weighted by atomic mass is 10.0. The molecule has 12 nitrogen and oxygen atoms in total. The Labute approximate surface area is 272 Å². The minimum Gasteiger partial charge on any atom is -0.490 e. The first-order chi connectivity index (χ1) is 21.9. The molecule has 2 N–H and O–H groups in total. The quantitative estimate of drug-likeness (QED) is 0.339. The van der Waals surface area contributed by atoms with Crippen LogP contribution in [0.15, 0.2) is 52.1 Å². The van der Waals surface area contributed by atoms with Gasteiger partial charge in [-0.2, -0.15) is 0 Å². The van der Waals surface area contributed by atoms with Crippen molar-refractivity contribution in [3.8, 4) is 5.75 Å². The predicted molar refractivity (Wildman–Crippen MR) is 174 cm³/mol. The van der Waals surface area contributed by atoms with Gasteiger partial charge < -0.3 is 24.0 Å². The highest BCUT2D eigenvalue weighted by molar-refractivity contribution is 7.92. The van der Waals surface area contributed by atoms with Gasteiger partial charge in [-0.05, 0) is 89.9 Å². The lowest BCUT2D eigenvalue weighted by molar-refractivity contribution is -0.0177. The topological polar surface area (TPSA) is 147 Å². The molecule has 3 aromatic rings. The van der Waals surface area contributed by atoms with E-state index in [0.29, 0.717) is 25.4 Å². The normalized spacial score (nSPS) is 20.9. The molecule has 0 saturated heterocycles. The molecule has 13 heteroatoms. The number of sulfonamides is 1. The molecule has 0 unspecified atom stereocenters. The zero-order valence-electron chi connectivity index (χ0n) is 27.6. The van der Waals surface area contributed by atoms with Crippen LogP contribution in [-0.2, 0) is 21.3 Å². The van der Waals surface area contributed by atoms with E-state index in [-0.39, 0.29) is 58.2 Å². The minimum atomic E-state index is -4.06. The van der Waals surface area contributed by atoms with Crippen molar-refractivity contribution in [1.82, 2.24) is 19.9 Å². The molecule has 3 heterocycles. The number of aliphatic hydroxyl groups is 1. The molecule has 0 bridgehead atoms. The Bertz CT molecular complexity index is 1530. The summed E-state index contributed by atoms with van der Waals surface area (Å²) < 4.78 is 46.9. The Hall–Kier alpha value is -3.52. The number of aliphatic hydroxyl groups excluding tert-OH is 1. The van der Waals surface area contributed by atoms with Crippen LogP contribution in [0.5, 0.6) is 5.75 Å². The molecule has 4 atom stereocenters. The van der Waals surface area contributed by atoms with Gasteiger partial charge in [0.15, 0.2) is 10.7 Å². The van der Waals surface area contributed by atoms with Crippen LogP contribution in [0.4, 0.5) is 5.69 Å². The highest BCUT2D eigenvalue weighted by Gasteiger charge is 2.31. The molecular weight excluding hydrogens is 610 g/mol. The van der Waals surface area contributed by atoms with Crippen LogP contribution in [0.1, 0.15) is 67.4 Å². The van der Waals surface area contributed by atoms with Gasteiger partial charge in [-0.3, -0.25) is 19.4 Å². The van der Waals surface area contributed by atoms with Crippen molar-refractivity contribution in [3.05, 3.63) is 65.3 Å². The van der Waals surface area contributed by atoms with E-state index in [4.69, 9.17) is 14.0 Å². The second kappa shape index (κ2) is 15.9. The molecule has 0 saturated carbocycles. The van der Waals surface area contributed by atoms with Crippen molar-refractivity contribution in [1.29, 1.82) is 0 Å². The number of nitrogens with zero attached hydrogens (tertiary/aromatic N) is 4. The maximum Gasteiger partial charge on any atom is 0.267 e. The first-order valence-corrected chi connectivity index (χ1v) is 17.2. The van der Waals surface area contributed by atoms with E-state index in [1.165, 1.54) is 13.0 Å². The minimum absolute atomic E-state index is 0.0481. The maximum atomic E-state index is 14.4. The van der Waals surface area contributed by atoms with Crippen LogP contribution in [0.2, 0.25) is 0 Å². The predicted octanol–water partition coefficient (Wildman–Crippen LogP) is 4.41. The summed E-state index contributed by atoms with van der Waals surface area (Å²) in [7, 11) is -2.01. The number of benzene rings is 1. The molecule has 1 amide bonds. The Balaban J connectivity index is 1.66. The molecule has 4 rings (SSSR count). The number of amides is 1. The van der Waals surface area contributed by atoms with Gasteiger partial charge in [-0.15, -0.1) is 0 Å². The van der Waals surface area contributed by atoms with E-state index in [9.17, 15) is 18.3 Å². The molecule has 0 radical (unpaired) electrons. The van der Waals surface area contributed by atoms with Crippen molar-refractivity contribution >= 4 is 21.6 Å². The van der Waals surface area contributed by atoms with Crippen LogP contribution < -0.4 is 9.46 Å². The lowest BCUT2D eigenvalue weighted by Gasteiger charge is -2.36. The van der Waals surface area contributed by atoms with Crippen LogP contribution in [0.3, 0.4) is 0 Å². The summed E-state index contributed by atoms with van der Waals surface area (Å²) in [5, 5.41) is 14.0. The molecule has 0 spiro atoms. The highest BCUT2D eigenvalue weighted by atomic mass is 32.2. The van der Waals surface area contributed by atoms with Gasteiger partial charge in [0, 0.05) is 50.2 Å². The molecule has 1 aliphatic heterocycles. The number of likely N-dealkylation sites (N-methyl/N-ethyl adjacent to an activating group) is 1. The van der Waals surface area contributed by atoms with Crippen molar-refractivity contribution < 1.29 is 32.3 Å². The second-order valence-corrected chi connectivity index (χ2v) is 13.9. The van der Waals surface area contributed by atoms with E-state index in [1.807, 2.05) is 26.1 Å². The third kappa shape index (κ3) is 9.05. The fraction of sp³-hybridized carbons (Fsp3) is 0.545. The van der Waals surface area contributed by atoms with Gasteiger partial charge >= 0.3 is 0 Å². The van der Waals surface area contributed by atoms with Gasteiger partial charge in [0.1, 0.15) is 11.4 Å². The maximum absolute atomic E-state index is 14.4. The number of hydrogen-bond acceptors (Lipinski definition) is 10. The molecule has 0 fully saturated rings. The van der Waals surface area contributed by atoms with Crippen molar-refractivity contribution in [2.75, 3.05) is 38.1 Å².